The van der Waals surface area contributed by atoms with Crippen molar-refractivity contribution in [3.8, 4) is 5.69 Å². The first kappa shape index (κ1) is 15.9. The maximum Gasteiger partial charge on any atom is 0.0793 e. The van der Waals surface area contributed by atoms with Crippen molar-refractivity contribution < 1.29 is 0 Å². The molecule has 2 heterocycles. The molecule has 2 aromatic heterocycles. The number of aryl methyl sites for hydroxylation is 1. The molecule has 140 valence electrons. The SMILES string of the molecule is Cc1c2c3cc4ccccc4cc3c3nccc4ccc(c2c43)n1-c1ccccc1. The van der Waals surface area contributed by atoms with E-state index in [-0.39, 0.29) is 0 Å². The van der Waals surface area contributed by atoms with Gasteiger partial charge in [-0.3, -0.25) is 4.98 Å². The second-order valence-corrected chi connectivity index (χ2v) is 8.09. The molecule has 30 heavy (non-hydrogen) atoms. The van der Waals surface area contributed by atoms with Crippen LogP contribution in [0.5, 0.6) is 0 Å². The van der Waals surface area contributed by atoms with Gasteiger partial charge in [-0.1, -0.05) is 48.5 Å². The molecule has 7 rings (SSSR count). The fourth-order valence-electron chi connectivity index (χ4n) is 5.26. The number of hydrogen-bond acceptors (Lipinski definition) is 1. The van der Waals surface area contributed by atoms with E-state index in [2.05, 4.69) is 96.4 Å². The zero-order valence-electron chi connectivity index (χ0n) is 16.6. The van der Waals surface area contributed by atoms with E-state index in [1.807, 2.05) is 6.20 Å². The minimum Gasteiger partial charge on any atom is -0.313 e. The molecule has 2 nitrogen and oxygen atoms in total. The van der Waals surface area contributed by atoms with Gasteiger partial charge in [0, 0.05) is 39.1 Å². The Bertz CT molecular complexity index is 1740. The van der Waals surface area contributed by atoms with E-state index in [4.69, 9.17) is 4.98 Å². The highest BCUT2D eigenvalue weighted by Gasteiger charge is 2.21. The topological polar surface area (TPSA) is 17.8 Å². The number of fused-ring (bicyclic) bond motifs is 4. The Balaban J connectivity index is 1.83. The molecule has 2 heteroatoms. The number of pyridine rings is 1. The van der Waals surface area contributed by atoms with Gasteiger partial charge < -0.3 is 4.57 Å². The van der Waals surface area contributed by atoms with Gasteiger partial charge >= 0.3 is 0 Å². The average Bonchev–Trinajstić information content (AvgIpc) is 3.10. The van der Waals surface area contributed by atoms with E-state index in [1.54, 1.807) is 0 Å². The molecular weight excluding hydrogens is 364 g/mol. The van der Waals surface area contributed by atoms with Crippen molar-refractivity contribution in [1.29, 1.82) is 0 Å². The third-order valence-electron chi connectivity index (χ3n) is 6.52. The van der Waals surface area contributed by atoms with Gasteiger partial charge in [-0.05, 0) is 64.9 Å². The molecule has 0 aliphatic carbocycles. The molecule has 0 spiro atoms. The minimum atomic E-state index is 1.09. The summed E-state index contributed by atoms with van der Waals surface area (Å²) in [6, 6.07) is 30.5. The largest absolute Gasteiger partial charge is 0.313 e. The van der Waals surface area contributed by atoms with E-state index in [0.29, 0.717) is 0 Å². The standard InChI is InChI=1S/C28H18N2/c1-17-25-22-15-19-7-5-6-8-20(19)16-23(22)28-26-18(13-14-29-28)11-12-24(27(25)26)30(17)21-9-3-2-4-10-21/h2-16H,1H3. The monoisotopic (exact) mass is 382 g/mol. The van der Waals surface area contributed by atoms with Crippen LogP contribution >= 0.6 is 0 Å². The lowest BCUT2D eigenvalue weighted by Crippen LogP contribution is -1.95. The molecular formula is C28H18N2. The third-order valence-corrected chi connectivity index (χ3v) is 6.52. The van der Waals surface area contributed by atoms with E-state index in [9.17, 15) is 0 Å². The van der Waals surface area contributed by atoms with Crippen molar-refractivity contribution in [3.63, 3.8) is 0 Å². The second kappa shape index (κ2) is 5.58. The first-order valence-corrected chi connectivity index (χ1v) is 10.3. The summed E-state index contributed by atoms with van der Waals surface area (Å²) < 4.78 is 2.39. The number of aromatic nitrogens is 2. The highest BCUT2D eigenvalue weighted by molar-refractivity contribution is 6.34. The van der Waals surface area contributed by atoms with Gasteiger partial charge in [0.25, 0.3) is 0 Å². The Hall–Kier alpha value is -3.91. The van der Waals surface area contributed by atoms with Crippen molar-refractivity contribution in [2.45, 2.75) is 6.92 Å². The number of rotatable bonds is 1. The smallest absolute Gasteiger partial charge is 0.0793 e. The molecule has 0 radical (unpaired) electrons. The van der Waals surface area contributed by atoms with Crippen molar-refractivity contribution in [2.24, 2.45) is 0 Å². The summed E-state index contributed by atoms with van der Waals surface area (Å²) in [5.41, 5.74) is 4.81. The van der Waals surface area contributed by atoms with Gasteiger partial charge in [0.1, 0.15) is 0 Å². The van der Waals surface area contributed by atoms with Crippen LogP contribution in [0.3, 0.4) is 0 Å². The molecule has 0 fully saturated rings. The molecule has 0 N–H and O–H groups in total. The summed E-state index contributed by atoms with van der Waals surface area (Å²) in [5, 5.41) is 10.2. The third kappa shape index (κ3) is 1.91. The van der Waals surface area contributed by atoms with Gasteiger partial charge in [0.2, 0.25) is 0 Å². The fourth-order valence-corrected chi connectivity index (χ4v) is 5.26. The first-order valence-electron chi connectivity index (χ1n) is 10.3. The molecule has 5 aromatic carbocycles. The lowest BCUT2D eigenvalue weighted by atomic mass is 9.93. The highest BCUT2D eigenvalue weighted by atomic mass is 15.0. The van der Waals surface area contributed by atoms with Crippen molar-refractivity contribution >= 4 is 54.1 Å². The summed E-state index contributed by atoms with van der Waals surface area (Å²) in [6.07, 6.45) is 1.94. The van der Waals surface area contributed by atoms with Crippen LogP contribution in [0, 0.1) is 6.92 Å². The zero-order chi connectivity index (χ0) is 19.8. The van der Waals surface area contributed by atoms with E-state index in [1.165, 1.54) is 60.0 Å². The molecule has 0 amide bonds. The Morgan fingerprint density at radius 1 is 0.633 bits per heavy atom. The average molecular weight is 382 g/mol. The minimum absolute atomic E-state index is 1.09. The first-order chi connectivity index (χ1) is 14.8. The Kier molecular flexibility index (Phi) is 2.97. The van der Waals surface area contributed by atoms with Crippen LogP contribution in [-0.2, 0) is 0 Å². The predicted octanol–water partition coefficient (Wildman–Crippen LogP) is 7.38. The second-order valence-electron chi connectivity index (χ2n) is 8.09. The zero-order valence-corrected chi connectivity index (χ0v) is 16.6. The maximum absolute atomic E-state index is 4.87. The van der Waals surface area contributed by atoms with E-state index < -0.39 is 0 Å². The van der Waals surface area contributed by atoms with E-state index >= 15 is 0 Å². The molecule has 0 aliphatic heterocycles. The van der Waals surface area contributed by atoms with Gasteiger partial charge in [-0.2, -0.15) is 0 Å². The molecule has 0 saturated carbocycles. The van der Waals surface area contributed by atoms with Crippen LogP contribution in [0.2, 0.25) is 0 Å². The summed E-state index contributed by atoms with van der Waals surface area (Å²) >= 11 is 0. The number of nitrogens with zero attached hydrogens (tertiary/aromatic N) is 2. The van der Waals surface area contributed by atoms with Crippen LogP contribution in [0.15, 0.2) is 91.1 Å². The predicted molar refractivity (Wildman–Crippen MR) is 127 cm³/mol. The fraction of sp³-hybridized carbons (Fsp3) is 0.0357. The van der Waals surface area contributed by atoms with E-state index in [0.717, 1.165) is 5.52 Å². The summed E-state index contributed by atoms with van der Waals surface area (Å²) in [6.45, 7) is 2.24. The Labute approximate surface area is 173 Å². The Morgan fingerprint density at radius 3 is 2.17 bits per heavy atom. The molecule has 0 saturated heterocycles. The lowest BCUT2D eigenvalue weighted by Gasteiger charge is -2.11. The van der Waals surface area contributed by atoms with Gasteiger partial charge in [-0.25, -0.2) is 0 Å². The van der Waals surface area contributed by atoms with Crippen molar-refractivity contribution in [3.05, 3.63) is 96.8 Å². The molecule has 0 unspecified atom stereocenters. The molecule has 0 atom stereocenters. The lowest BCUT2D eigenvalue weighted by molar-refractivity contribution is 1.06. The highest BCUT2D eigenvalue weighted by Crippen LogP contribution is 2.44. The van der Waals surface area contributed by atoms with Crippen LogP contribution in [0.1, 0.15) is 5.69 Å². The van der Waals surface area contributed by atoms with Crippen LogP contribution < -0.4 is 0 Å². The summed E-state index contributed by atoms with van der Waals surface area (Å²) in [5.74, 6) is 0. The summed E-state index contributed by atoms with van der Waals surface area (Å²) in [4.78, 5) is 4.87. The van der Waals surface area contributed by atoms with Crippen LogP contribution in [-0.4, -0.2) is 9.55 Å². The normalized spacial score (nSPS) is 12.2. The van der Waals surface area contributed by atoms with Gasteiger partial charge in [0.15, 0.2) is 0 Å². The van der Waals surface area contributed by atoms with Gasteiger partial charge in [0.05, 0.1) is 11.0 Å². The van der Waals surface area contributed by atoms with Crippen LogP contribution in [0.25, 0.3) is 59.8 Å². The summed E-state index contributed by atoms with van der Waals surface area (Å²) in [7, 11) is 0. The molecule has 0 aliphatic rings. The number of hydrogen-bond donors (Lipinski definition) is 0. The quantitative estimate of drug-likeness (QED) is 0.214. The number of para-hydroxylation sites is 1. The van der Waals surface area contributed by atoms with Crippen molar-refractivity contribution in [2.75, 3.05) is 0 Å². The van der Waals surface area contributed by atoms with Gasteiger partial charge in [-0.15, -0.1) is 0 Å². The number of benzene rings is 5. The molecule has 0 bridgehead atoms. The Morgan fingerprint density at radius 2 is 1.37 bits per heavy atom. The van der Waals surface area contributed by atoms with Crippen molar-refractivity contribution in [1.82, 2.24) is 9.55 Å². The maximum atomic E-state index is 4.87. The molecule has 7 aromatic rings. The van der Waals surface area contributed by atoms with Crippen LogP contribution in [0.4, 0.5) is 0 Å².